The molecule has 0 aromatic rings. The lowest BCUT2D eigenvalue weighted by Crippen LogP contribution is -2.29. The Kier molecular flexibility index (Phi) is 13.3. The summed E-state index contributed by atoms with van der Waals surface area (Å²) >= 11 is 0. The van der Waals surface area contributed by atoms with Crippen LogP contribution in [0.3, 0.4) is 0 Å². The topological polar surface area (TPSA) is 26.3 Å². The van der Waals surface area contributed by atoms with Crippen LogP contribution in [0.25, 0.3) is 0 Å². The van der Waals surface area contributed by atoms with Gasteiger partial charge in [-0.05, 0) is 37.4 Å². The Bertz CT molecular complexity index is 459. The molecule has 128 valence electrons. The fourth-order valence-electron chi connectivity index (χ4n) is 2.32. The van der Waals surface area contributed by atoms with E-state index < -0.39 is 8.07 Å². The van der Waals surface area contributed by atoms with Gasteiger partial charge in [-0.15, -0.1) is 5.54 Å². The van der Waals surface area contributed by atoms with Crippen molar-refractivity contribution >= 4 is 14.0 Å². The minimum atomic E-state index is -1.30. The lowest BCUT2D eigenvalue weighted by atomic mass is 10.2. The minimum absolute atomic E-state index is 0.123. The molecule has 2 nitrogen and oxygen atoms in total. The van der Waals surface area contributed by atoms with Crippen LogP contribution in [-0.2, 0) is 9.53 Å². The molecule has 0 radical (unpaired) electrons. The molecule has 0 amide bonds. The first-order valence-electron chi connectivity index (χ1n) is 8.81. The second kappa shape index (κ2) is 14.2. The van der Waals surface area contributed by atoms with Gasteiger partial charge in [0, 0.05) is 12.8 Å². The Morgan fingerprint density at radius 2 is 1.70 bits per heavy atom. The molecule has 23 heavy (non-hydrogen) atoms. The quantitative estimate of drug-likeness (QED) is 0.193. The Balaban J connectivity index is 3.86. The zero-order valence-corrected chi connectivity index (χ0v) is 16.3. The van der Waals surface area contributed by atoms with E-state index in [9.17, 15) is 4.79 Å². The number of allylic oxidation sites excluding steroid dienone is 2. The normalized spacial score (nSPS) is 10.6. The number of esters is 1. The average Bonchev–Trinajstić information content (AvgIpc) is 2.59. The van der Waals surface area contributed by atoms with E-state index in [0.29, 0.717) is 12.8 Å². The van der Waals surface area contributed by atoms with Crippen molar-refractivity contribution in [2.75, 3.05) is 7.11 Å². The molecule has 0 spiro atoms. The van der Waals surface area contributed by atoms with Crippen LogP contribution >= 0.6 is 0 Å². The number of hydrogen-bond donors (Lipinski definition) is 0. The van der Waals surface area contributed by atoms with Gasteiger partial charge in [-0.2, -0.15) is 0 Å². The molecular weight excluding hydrogens is 300 g/mol. The van der Waals surface area contributed by atoms with Crippen molar-refractivity contribution in [1.29, 1.82) is 0 Å². The van der Waals surface area contributed by atoms with E-state index >= 15 is 0 Å². The molecule has 0 N–H and O–H groups in total. The van der Waals surface area contributed by atoms with Gasteiger partial charge in [0.2, 0.25) is 0 Å². The third kappa shape index (κ3) is 10.8. The smallest absolute Gasteiger partial charge is 0.305 e. The molecule has 0 aliphatic heterocycles. The van der Waals surface area contributed by atoms with Crippen LogP contribution in [-0.4, -0.2) is 21.2 Å². The Hall–Kier alpha value is -1.45. The lowest BCUT2D eigenvalue weighted by molar-refractivity contribution is -0.140. The number of ether oxygens (including phenoxy) is 1. The van der Waals surface area contributed by atoms with Crippen molar-refractivity contribution in [3.8, 4) is 23.3 Å². The summed E-state index contributed by atoms with van der Waals surface area (Å²) in [7, 11) is 0.133. The maximum Gasteiger partial charge on any atom is 0.305 e. The standard InChI is InChI=1S/C20H32O2Si/c1-5-23(6-2,7-3)19-17-15-13-11-9-8-10-12-14-16-18-20(21)22-4/h8,10H,5-7,9,12,14-16,18H2,1-4H3/b10-8-. The van der Waals surface area contributed by atoms with Gasteiger partial charge in [-0.1, -0.05) is 50.7 Å². The number of carbonyl (C=O) groups is 1. The first kappa shape index (κ1) is 21.5. The van der Waals surface area contributed by atoms with E-state index in [0.717, 1.165) is 25.7 Å². The Morgan fingerprint density at radius 1 is 1.00 bits per heavy atom. The summed E-state index contributed by atoms with van der Waals surface area (Å²) < 4.78 is 4.60. The highest BCUT2D eigenvalue weighted by atomic mass is 28.3. The van der Waals surface area contributed by atoms with Gasteiger partial charge in [0.05, 0.1) is 13.5 Å². The van der Waals surface area contributed by atoms with Crippen LogP contribution in [0.2, 0.25) is 18.1 Å². The Morgan fingerprint density at radius 3 is 2.30 bits per heavy atom. The summed E-state index contributed by atoms with van der Waals surface area (Å²) in [6, 6.07) is 3.75. The summed E-state index contributed by atoms with van der Waals surface area (Å²) in [5, 5.41) is 0. The summed E-state index contributed by atoms with van der Waals surface area (Å²) in [5.74, 6) is 9.45. The van der Waals surface area contributed by atoms with Crippen LogP contribution in [0, 0.1) is 23.3 Å². The highest BCUT2D eigenvalue weighted by molar-refractivity contribution is 6.87. The zero-order chi connectivity index (χ0) is 17.4. The average molecular weight is 333 g/mol. The fraction of sp³-hybridized carbons (Fsp3) is 0.650. The van der Waals surface area contributed by atoms with E-state index in [1.165, 1.54) is 25.2 Å². The van der Waals surface area contributed by atoms with Crippen LogP contribution in [0.1, 0.15) is 59.3 Å². The fourth-order valence-corrected chi connectivity index (χ4v) is 4.81. The van der Waals surface area contributed by atoms with Crippen molar-refractivity contribution in [3.63, 3.8) is 0 Å². The molecule has 0 saturated carbocycles. The van der Waals surface area contributed by atoms with Gasteiger partial charge in [-0.25, -0.2) is 0 Å². The predicted octanol–water partition coefficient (Wildman–Crippen LogP) is 5.11. The molecule has 0 aliphatic rings. The van der Waals surface area contributed by atoms with Crippen molar-refractivity contribution in [2.45, 2.75) is 77.4 Å². The lowest BCUT2D eigenvalue weighted by Gasteiger charge is -2.19. The molecule has 3 heteroatoms. The van der Waals surface area contributed by atoms with E-state index in [1.54, 1.807) is 0 Å². The molecular formula is C20H32O2Si. The van der Waals surface area contributed by atoms with Gasteiger partial charge in [-0.3, -0.25) is 4.79 Å². The number of rotatable bonds is 9. The van der Waals surface area contributed by atoms with Crippen molar-refractivity contribution in [3.05, 3.63) is 12.2 Å². The highest BCUT2D eigenvalue weighted by Gasteiger charge is 2.23. The molecule has 0 aliphatic carbocycles. The van der Waals surface area contributed by atoms with E-state index in [4.69, 9.17) is 0 Å². The molecule has 0 bridgehead atoms. The summed E-state index contributed by atoms with van der Waals surface area (Å²) in [5.41, 5.74) is 3.55. The highest BCUT2D eigenvalue weighted by Crippen LogP contribution is 2.18. The maximum atomic E-state index is 10.9. The summed E-state index contributed by atoms with van der Waals surface area (Å²) in [4.78, 5) is 10.9. The number of methoxy groups -OCH3 is 1. The van der Waals surface area contributed by atoms with Crippen molar-refractivity contribution < 1.29 is 9.53 Å². The zero-order valence-electron chi connectivity index (χ0n) is 15.3. The van der Waals surface area contributed by atoms with E-state index in [-0.39, 0.29) is 5.97 Å². The predicted molar refractivity (Wildman–Crippen MR) is 102 cm³/mol. The third-order valence-electron chi connectivity index (χ3n) is 4.30. The third-order valence-corrected chi connectivity index (χ3v) is 9.07. The van der Waals surface area contributed by atoms with E-state index in [1.807, 2.05) is 0 Å². The number of unbranched alkanes of at least 4 members (excludes halogenated alkanes) is 2. The summed E-state index contributed by atoms with van der Waals surface area (Å²) in [6.07, 6.45) is 9.14. The van der Waals surface area contributed by atoms with Crippen LogP contribution in [0.5, 0.6) is 0 Å². The Labute approximate surface area is 144 Å². The molecule has 0 unspecified atom stereocenters. The van der Waals surface area contributed by atoms with Crippen LogP contribution in [0.4, 0.5) is 0 Å². The summed E-state index contributed by atoms with van der Waals surface area (Å²) in [6.45, 7) is 6.82. The molecule has 0 aromatic carbocycles. The molecule has 0 aromatic heterocycles. The number of hydrogen-bond acceptors (Lipinski definition) is 2. The second-order valence-electron chi connectivity index (χ2n) is 5.67. The number of carbonyl (C=O) groups excluding carboxylic acids is 1. The maximum absolute atomic E-state index is 10.9. The van der Waals surface area contributed by atoms with Gasteiger partial charge in [0.1, 0.15) is 8.07 Å². The SMILES string of the molecule is CC[Si](C#CCC#CC/C=C\CCCCC(=O)OC)(CC)CC. The monoisotopic (exact) mass is 332 g/mol. The first-order valence-corrected chi connectivity index (χ1v) is 11.4. The van der Waals surface area contributed by atoms with Gasteiger partial charge in [0.15, 0.2) is 0 Å². The van der Waals surface area contributed by atoms with Gasteiger partial charge < -0.3 is 4.74 Å². The molecule has 0 heterocycles. The minimum Gasteiger partial charge on any atom is -0.469 e. The molecule has 0 rings (SSSR count). The van der Waals surface area contributed by atoms with Crippen molar-refractivity contribution in [2.24, 2.45) is 0 Å². The van der Waals surface area contributed by atoms with Crippen LogP contribution < -0.4 is 0 Å². The van der Waals surface area contributed by atoms with Crippen molar-refractivity contribution in [1.82, 2.24) is 0 Å². The first-order chi connectivity index (χ1) is 11.1. The molecule has 0 atom stereocenters. The van der Waals surface area contributed by atoms with Crippen LogP contribution in [0.15, 0.2) is 12.2 Å². The molecule has 0 saturated heterocycles. The molecule has 0 fully saturated rings. The van der Waals surface area contributed by atoms with Gasteiger partial charge >= 0.3 is 5.97 Å². The second-order valence-corrected chi connectivity index (χ2v) is 10.6. The van der Waals surface area contributed by atoms with Gasteiger partial charge in [0.25, 0.3) is 0 Å². The van der Waals surface area contributed by atoms with E-state index in [2.05, 4.69) is 61.0 Å². The largest absolute Gasteiger partial charge is 0.469 e.